The fourth-order valence-electron chi connectivity index (χ4n) is 2.41. The van der Waals surface area contributed by atoms with Crippen molar-refractivity contribution in [3.05, 3.63) is 57.3 Å². The number of benzene rings is 1. The zero-order valence-corrected chi connectivity index (χ0v) is 14.6. The molecule has 1 saturated heterocycles. The summed E-state index contributed by atoms with van der Waals surface area (Å²) < 4.78 is 5.09. The molecule has 1 aromatic carbocycles. The van der Waals surface area contributed by atoms with Crippen molar-refractivity contribution < 1.29 is 19.1 Å². The summed E-state index contributed by atoms with van der Waals surface area (Å²) in [4.78, 5) is 38.7. The van der Waals surface area contributed by atoms with E-state index in [1.165, 1.54) is 17.4 Å². The molecular weight excluding hydrogens is 340 g/mol. The maximum Gasteiger partial charge on any atom is 0.331 e. The minimum atomic E-state index is -0.717. The molecule has 3 rings (SSSR count). The molecule has 0 bridgehead atoms. The van der Waals surface area contributed by atoms with Gasteiger partial charge in [0.05, 0.1) is 13.7 Å². The van der Waals surface area contributed by atoms with Crippen molar-refractivity contribution >= 4 is 35.3 Å². The van der Waals surface area contributed by atoms with Crippen LogP contribution >= 0.6 is 11.3 Å². The Morgan fingerprint density at radius 2 is 1.88 bits per heavy atom. The molecule has 0 spiro atoms. The van der Waals surface area contributed by atoms with Gasteiger partial charge in [-0.3, -0.25) is 19.8 Å². The number of urea groups is 1. The number of barbiturate groups is 1. The second-order valence-corrected chi connectivity index (χ2v) is 6.47. The van der Waals surface area contributed by atoms with Crippen LogP contribution in [-0.2, 0) is 16.1 Å². The average Bonchev–Trinajstić information content (AvgIpc) is 3.01. The van der Waals surface area contributed by atoms with Crippen LogP contribution in [0.1, 0.15) is 16.0 Å². The predicted octanol–water partition coefficient (Wildman–Crippen LogP) is 2.73. The van der Waals surface area contributed by atoms with Gasteiger partial charge < -0.3 is 4.74 Å². The molecule has 128 valence electrons. The van der Waals surface area contributed by atoms with Gasteiger partial charge >= 0.3 is 6.03 Å². The molecule has 1 aromatic heterocycles. The molecule has 2 heterocycles. The number of carbonyl (C=O) groups excluding carboxylic acids is 3. The number of thiophene rings is 1. The third kappa shape index (κ3) is 3.46. The number of nitrogens with one attached hydrogen (secondary N) is 1. The van der Waals surface area contributed by atoms with Gasteiger partial charge in [-0.1, -0.05) is 12.1 Å². The molecule has 0 aliphatic carbocycles. The second-order valence-electron chi connectivity index (χ2n) is 5.52. The van der Waals surface area contributed by atoms with E-state index in [4.69, 9.17) is 4.74 Å². The fraction of sp³-hybridized carbons (Fsp3) is 0.167. The summed E-state index contributed by atoms with van der Waals surface area (Å²) in [5.41, 5.74) is 1.68. The molecule has 2 aromatic rings. The van der Waals surface area contributed by atoms with Crippen molar-refractivity contribution in [2.75, 3.05) is 7.11 Å². The van der Waals surface area contributed by atoms with Gasteiger partial charge in [0.25, 0.3) is 11.8 Å². The van der Waals surface area contributed by atoms with Crippen LogP contribution in [0.2, 0.25) is 0 Å². The molecule has 6 nitrogen and oxygen atoms in total. The largest absolute Gasteiger partial charge is 0.497 e. The lowest BCUT2D eigenvalue weighted by atomic mass is 10.1. The van der Waals surface area contributed by atoms with Gasteiger partial charge in [-0.15, -0.1) is 11.3 Å². The maximum atomic E-state index is 12.7. The summed E-state index contributed by atoms with van der Waals surface area (Å²) in [6.07, 6.45) is 1.53. The van der Waals surface area contributed by atoms with E-state index in [1.807, 2.05) is 18.4 Å². The summed E-state index contributed by atoms with van der Waals surface area (Å²) in [7, 11) is 1.56. The number of hydrogen-bond donors (Lipinski definition) is 1. The van der Waals surface area contributed by atoms with E-state index in [0.29, 0.717) is 5.75 Å². The minimum absolute atomic E-state index is 0.0429. The van der Waals surface area contributed by atoms with Crippen molar-refractivity contribution in [2.45, 2.75) is 13.5 Å². The molecular formula is C18H16N2O4S. The summed E-state index contributed by atoms with van der Waals surface area (Å²) in [5, 5.41) is 4.11. The monoisotopic (exact) mass is 356 g/mol. The van der Waals surface area contributed by atoms with Gasteiger partial charge in [-0.05, 0) is 47.7 Å². The molecule has 1 fully saturated rings. The maximum absolute atomic E-state index is 12.7. The molecule has 7 heteroatoms. The SMILES string of the molecule is COc1ccc(CN2C(=O)NC(=O)C(=Cc3sccc3C)C2=O)cc1. The molecule has 1 N–H and O–H groups in total. The van der Waals surface area contributed by atoms with Crippen LogP contribution in [0, 0.1) is 6.92 Å². The smallest absolute Gasteiger partial charge is 0.331 e. The number of carbonyl (C=O) groups is 3. The molecule has 25 heavy (non-hydrogen) atoms. The van der Waals surface area contributed by atoms with E-state index in [9.17, 15) is 14.4 Å². The summed E-state index contributed by atoms with van der Waals surface area (Å²) >= 11 is 1.43. The van der Waals surface area contributed by atoms with E-state index < -0.39 is 17.8 Å². The zero-order valence-electron chi connectivity index (χ0n) is 13.7. The first-order valence-corrected chi connectivity index (χ1v) is 8.43. The Morgan fingerprint density at radius 3 is 2.48 bits per heavy atom. The summed E-state index contributed by atoms with van der Waals surface area (Å²) in [5.74, 6) is -0.590. The van der Waals surface area contributed by atoms with Crippen LogP contribution in [0.25, 0.3) is 6.08 Å². The number of methoxy groups -OCH3 is 1. The van der Waals surface area contributed by atoms with Crippen LogP contribution in [-0.4, -0.2) is 29.9 Å². The Labute approximate surface area is 148 Å². The second kappa shape index (κ2) is 6.90. The van der Waals surface area contributed by atoms with Crippen molar-refractivity contribution in [3.63, 3.8) is 0 Å². The van der Waals surface area contributed by atoms with Crippen molar-refractivity contribution in [1.82, 2.24) is 10.2 Å². The number of amides is 4. The molecule has 0 unspecified atom stereocenters. The highest BCUT2D eigenvalue weighted by Gasteiger charge is 2.35. The highest BCUT2D eigenvalue weighted by Crippen LogP contribution is 2.22. The van der Waals surface area contributed by atoms with Crippen LogP contribution in [0.4, 0.5) is 4.79 Å². The minimum Gasteiger partial charge on any atom is -0.497 e. The molecule has 1 aliphatic heterocycles. The number of imide groups is 2. The lowest BCUT2D eigenvalue weighted by Gasteiger charge is -2.26. The van der Waals surface area contributed by atoms with Gasteiger partial charge in [0.1, 0.15) is 11.3 Å². The third-order valence-electron chi connectivity index (χ3n) is 3.86. The van der Waals surface area contributed by atoms with Crippen LogP contribution < -0.4 is 10.1 Å². The molecule has 4 amide bonds. The Bertz CT molecular complexity index is 867. The normalized spacial score (nSPS) is 16.3. The van der Waals surface area contributed by atoms with E-state index >= 15 is 0 Å². The van der Waals surface area contributed by atoms with Crippen LogP contribution in [0.3, 0.4) is 0 Å². The van der Waals surface area contributed by atoms with E-state index in [2.05, 4.69) is 5.32 Å². The van der Waals surface area contributed by atoms with E-state index in [-0.39, 0.29) is 12.1 Å². The van der Waals surface area contributed by atoms with Gasteiger partial charge in [-0.25, -0.2) is 4.79 Å². The Morgan fingerprint density at radius 1 is 1.16 bits per heavy atom. The number of nitrogens with zero attached hydrogens (tertiary/aromatic N) is 1. The van der Waals surface area contributed by atoms with Gasteiger partial charge in [0.15, 0.2) is 0 Å². The summed E-state index contributed by atoms with van der Waals surface area (Å²) in [6.45, 7) is 1.97. The zero-order chi connectivity index (χ0) is 18.0. The first-order chi connectivity index (χ1) is 12.0. The Balaban J connectivity index is 1.87. The Hall–Kier alpha value is -2.93. The standard InChI is InChI=1S/C18H16N2O4S/c1-11-7-8-25-15(11)9-14-16(21)19-18(23)20(17(14)22)10-12-3-5-13(24-2)6-4-12/h3-9H,10H2,1-2H3,(H,19,21,23). The number of rotatable bonds is 4. The number of ether oxygens (including phenoxy) is 1. The van der Waals surface area contributed by atoms with Crippen molar-refractivity contribution in [2.24, 2.45) is 0 Å². The predicted molar refractivity (Wildman–Crippen MR) is 94.1 cm³/mol. The molecule has 0 saturated carbocycles. The fourth-order valence-corrected chi connectivity index (χ4v) is 3.27. The van der Waals surface area contributed by atoms with Crippen molar-refractivity contribution in [3.8, 4) is 5.75 Å². The topological polar surface area (TPSA) is 75.7 Å². The molecule has 0 radical (unpaired) electrons. The first kappa shape index (κ1) is 16.9. The average molecular weight is 356 g/mol. The molecule has 1 aliphatic rings. The first-order valence-electron chi connectivity index (χ1n) is 7.55. The van der Waals surface area contributed by atoms with Crippen molar-refractivity contribution in [1.29, 1.82) is 0 Å². The third-order valence-corrected chi connectivity index (χ3v) is 4.83. The van der Waals surface area contributed by atoms with Crippen LogP contribution in [0.5, 0.6) is 5.75 Å². The molecule has 0 atom stereocenters. The Kier molecular flexibility index (Phi) is 4.67. The van der Waals surface area contributed by atoms with E-state index in [1.54, 1.807) is 31.4 Å². The van der Waals surface area contributed by atoms with Crippen LogP contribution in [0.15, 0.2) is 41.3 Å². The number of hydrogen-bond acceptors (Lipinski definition) is 5. The number of aryl methyl sites for hydroxylation is 1. The van der Waals surface area contributed by atoms with Gasteiger partial charge in [-0.2, -0.15) is 0 Å². The highest BCUT2D eigenvalue weighted by atomic mass is 32.1. The van der Waals surface area contributed by atoms with Gasteiger partial charge in [0.2, 0.25) is 0 Å². The lowest BCUT2D eigenvalue weighted by molar-refractivity contribution is -0.130. The lowest BCUT2D eigenvalue weighted by Crippen LogP contribution is -2.53. The highest BCUT2D eigenvalue weighted by molar-refractivity contribution is 7.11. The van der Waals surface area contributed by atoms with E-state index in [0.717, 1.165) is 20.9 Å². The van der Waals surface area contributed by atoms with Gasteiger partial charge in [0, 0.05) is 4.88 Å². The summed E-state index contributed by atoms with van der Waals surface area (Å²) in [6, 6.07) is 8.22. The quantitative estimate of drug-likeness (QED) is 0.675.